The molecule has 0 unspecified atom stereocenters. The number of benzene rings is 9. The summed E-state index contributed by atoms with van der Waals surface area (Å²) in [4.78, 5) is 2.32. The van der Waals surface area contributed by atoms with Gasteiger partial charge < -0.3 is 9.47 Å². The van der Waals surface area contributed by atoms with E-state index in [-0.39, 0.29) is 0 Å². The molecule has 0 amide bonds. The van der Waals surface area contributed by atoms with Crippen LogP contribution >= 0.6 is 0 Å². The van der Waals surface area contributed by atoms with Crippen LogP contribution in [-0.2, 0) is 0 Å². The fourth-order valence-corrected chi connectivity index (χ4v) is 9.00. The van der Waals surface area contributed by atoms with Crippen molar-refractivity contribution in [2.75, 3.05) is 4.90 Å². The molecule has 10 aromatic rings. The molecule has 0 radical (unpaired) electrons. The maximum absolute atomic E-state index is 9.49. The van der Waals surface area contributed by atoms with E-state index in [1.54, 1.807) is 0 Å². The van der Waals surface area contributed by atoms with Crippen LogP contribution in [-0.4, -0.2) is 4.57 Å². The molecule has 0 N–H and O–H groups in total. The number of hydrogen-bond donors (Lipinski definition) is 0. The van der Waals surface area contributed by atoms with E-state index < -0.39 is 0 Å². The molecule has 4 nitrogen and oxygen atoms in total. The molecule has 62 heavy (non-hydrogen) atoms. The van der Waals surface area contributed by atoms with Crippen molar-refractivity contribution in [3.63, 3.8) is 0 Å². The highest BCUT2D eigenvalue weighted by Crippen LogP contribution is 2.43. The summed E-state index contributed by atoms with van der Waals surface area (Å²) in [6.45, 7) is 4.39. The Bertz CT molecular complexity index is 3200. The molecule has 0 atom stereocenters. The predicted molar refractivity (Wildman–Crippen MR) is 256 cm³/mol. The lowest BCUT2D eigenvalue weighted by atomic mass is 9.88. The Morgan fingerprint density at radius 1 is 0.371 bits per heavy atom. The topological polar surface area (TPSA) is 55.8 Å². The van der Waals surface area contributed by atoms with Crippen LogP contribution < -0.4 is 4.90 Å². The van der Waals surface area contributed by atoms with Crippen molar-refractivity contribution in [3.05, 3.63) is 229 Å². The van der Waals surface area contributed by atoms with E-state index >= 15 is 0 Å². The van der Waals surface area contributed by atoms with Crippen LogP contribution in [0.1, 0.15) is 22.3 Å². The summed E-state index contributed by atoms with van der Waals surface area (Å²) >= 11 is 0. The molecule has 0 spiro atoms. The van der Waals surface area contributed by atoms with Gasteiger partial charge in [-0.2, -0.15) is 10.5 Å². The lowest BCUT2D eigenvalue weighted by Crippen LogP contribution is -2.09. The molecule has 1 aromatic heterocycles. The summed E-state index contributed by atoms with van der Waals surface area (Å²) in [5.74, 6) is 0. The van der Waals surface area contributed by atoms with Gasteiger partial charge >= 0.3 is 0 Å². The van der Waals surface area contributed by atoms with Gasteiger partial charge in [-0.3, -0.25) is 0 Å². The maximum atomic E-state index is 9.49. The molecule has 0 aliphatic rings. The van der Waals surface area contributed by atoms with Gasteiger partial charge in [-0.05, 0) is 160 Å². The van der Waals surface area contributed by atoms with E-state index in [1.807, 2.05) is 48.5 Å². The fourth-order valence-electron chi connectivity index (χ4n) is 9.00. The third-order valence-corrected chi connectivity index (χ3v) is 12.1. The van der Waals surface area contributed by atoms with E-state index in [9.17, 15) is 10.5 Å². The molecule has 0 saturated carbocycles. The van der Waals surface area contributed by atoms with Crippen LogP contribution in [0, 0.1) is 36.5 Å². The minimum Gasteiger partial charge on any atom is -0.310 e. The quantitative estimate of drug-likeness (QED) is 0.154. The molecule has 0 saturated heterocycles. The summed E-state index contributed by atoms with van der Waals surface area (Å²) in [5, 5.41) is 21.3. The van der Waals surface area contributed by atoms with Crippen molar-refractivity contribution in [1.29, 1.82) is 10.5 Å². The minimum absolute atomic E-state index is 0.643. The normalized spacial score (nSPS) is 11.0. The molecular weight excluding hydrogens is 753 g/mol. The first-order chi connectivity index (χ1) is 30.5. The van der Waals surface area contributed by atoms with Crippen LogP contribution in [0.5, 0.6) is 0 Å². The summed E-state index contributed by atoms with van der Waals surface area (Å²) in [6, 6.07) is 76.8. The molecule has 10 rings (SSSR count). The van der Waals surface area contributed by atoms with Crippen molar-refractivity contribution in [1.82, 2.24) is 4.57 Å². The highest BCUT2D eigenvalue weighted by Gasteiger charge is 2.20. The molecule has 292 valence electrons. The van der Waals surface area contributed by atoms with Crippen LogP contribution in [0.15, 0.2) is 206 Å². The van der Waals surface area contributed by atoms with Gasteiger partial charge in [-0.15, -0.1) is 0 Å². The van der Waals surface area contributed by atoms with Gasteiger partial charge in [0.1, 0.15) is 0 Å². The van der Waals surface area contributed by atoms with Crippen molar-refractivity contribution in [2.45, 2.75) is 13.8 Å². The number of anilines is 3. The van der Waals surface area contributed by atoms with Gasteiger partial charge in [0.05, 0.1) is 34.3 Å². The monoisotopic (exact) mass is 792 g/mol. The molecule has 1 heterocycles. The lowest BCUT2D eigenvalue weighted by molar-refractivity contribution is 1.18. The second kappa shape index (κ2) is 16.0. The van der Waals surface area contributed by atoms with E-state index in [1.165, 1.54) is 10.8 Å². The summed E-state index contributed by atoms with van der Waals surface area (Å²) < 4.78 is 2.41. The maximum Gasteiger partial charge on any atom is 0.0991 e. The lowest BCUT2D eigenvalue weighted by Gasteiger charge is -2.25. The zero-order valence-electron chi connectivity index (χ0n) is 34.4. The van der Waals surface area contributed by atoms with Gasteiger partial charge in [0, 0.05) is 33.5 Å². The van der Waals surface area contributed by atoms with Gasteiger partial charge in [0.25, 0.3) is 0 Å². The van der Waals surface area contributed by atoms with Gasteiger partial charge in [-0.25, -0.2) is 0 Å². The van der Waals surface area contributed by atoms with E-state index in [2.05, 4.69) is 193 Å². The third kappa shape index (κ3) is 6.77. The first kappa shape index (κ1) is 37.8. The van der Waals surface area contributed by atoms with Crippen molar-refractivity contribution in [3.8, 4) is 62.3 Å². The SMILES string of the molecule is Cc1c(-c2ccc(C#N)cc2)cccc1-c1cc(-c2cccc(-c3ccc(C#N)cc3)c2C)cc(-n2c3ccccc3c3cc(N(c4ccccc4)c4ccccc4)ccc32)c1. The molecule has 0 bridgehead atoms. The Balaban J connectivity index is 1.20. The van der Waals surface area contributed by atoms with Crippen LogP contribution in [0.2, 0.25) is 0 Å². The molecule has 4 heteroatoms. The molecule has 9 aromatic carbocycles. The summed E-state index contributed by atoms with van der Waals surface area (Å²) in [7, 11) is 0. The summed E-state index contributed by atoms with van der Waals surface area (Å²) in [6.07, 6.45) is 0. The Kier molecular flexibility index (Phi) is 9.73. The highest BCUT2D eigenvalue weighted by molar-refractivity contribution is 6.11. The van der Waals surface area contributed by atoms with Gasteiger partial charge in [0.2, 0.25) is 0 Å². The average molecular weight is 793 g/mol. The van der Waals surface area contributed by atoms with Crippen LogP contribution in [0.4, 0.5) is 17.1 Å². The molecular formula is C58H40N4. The van der Waals surface area contributed by atoms with Gasteiger partial charge in [0.15, 0.2) is 0 Å². The molecule has 0 aliphatic heterocycles. The predicted octanol–water partition coefficient (Wildman–Crippen LogP) is 15.3. The van der Waals surface area contributed by atoms with Crippen molar-refractivity contribution in [2.24, 2.45) is 0 Å². The number of aromatic nitrogens is 1. The Labute approximate surface area is 362 Å². The zero-order chi connectivity index (χ0) is 42.2. The fraction of sp³-hybridized carbons (Fsp3) is 0.0345. The largest absolute Gasteiger partial charge is 0.310 e. The Morgan fingerprint density at radius 3 is 1.32 bits per heavy atom. The van der Waals surface area contributed by atoms with Gasteiger partial charge in [-0.1, -0.05) is 115 Å². The van der Waals surface area contributed by atoms with Crippen molar-refractivity contribution >= 4 is 38.9 Å². The Hall–Kier alpha value is -8.44. The second-order valence-electron chi connectivity index (χ2n) is 15.7. The van der Waals surface area contributed by atoms with E-state index in [0.717, 1.165) is 89.4 Å². The number of fused-ring (bicyclic) bond motifs is 3. The number of rotatable bonds is 8. The average Bonchev–Trinajstić information content (AvgIpc) is 3.66. The van der Waals surface area contributed by atoms with E-state index in [0.29, 0.717) is 11.1 Å². The number of nitrogens with zero attached hydrogens (tertiary/aromatic N) is 4. The van der Waals surface area contributed by atoms with Crippen molar-refractivity contribution < 1.29 is 0 Å². The number of hydrogen-bond acceptors (Lipinski definition) is 3. The first-order valence-corrected chi connectivity index (χ1v) is 20.8. The highest BCUT2D eigenvalue weighted by atomic mass is 15.1. The first-order valence-electron chi connectivity index (χ1n) is 20.8. The molecule has 0 fully saturated rings. The van der Waals surface area contributed by atoms with Crippen LogP contribution in [0.25, 0.3) is 72.0 Å². The smallest absolute Gasteiger partial charge is 0.0991 e. The number of para-hydroxylation sites is 3. The minimum atomic E-state index is 0.643. The molecule has 0 aliphatic carbocycles. The Morgan fingerprint density at radius 2 is 0.823 bits per heavy atom. The van der Waals surface area contributed by atoms with Crippen LogP contribution in [0.3, 0.4) is 0 Å². The summed E-state index contributed by atoms with van der Waals surface area (Å²) in [5.41, 5.74) is 19.1. The van der Waals surface area contributed by atoms with E-state index in [4.69, 9.17) is 0 Å². The third-order valence-electron chi connectivity index (χ3n) is 12.1. The second-order valence-corrected chi connectivity index (χ2v) is 15.7. The standard InChI is InChI=1S/C58H40N4/c1-39-51(43-27-23-41(37-59)24-28-43)18-11-20-53(39)45-33-46(54-21-12-19-52(40(54)2)44-29-25-42(38-60)26-30-44)35-50(34-45)62-57-22-10-9-17-55(57)56-36-49(31-32-58(56)62)61(47-13-5-3-6-14-47)48-15-7-4-8-16-48/h3-36H,1-2H3. The zero-order valence-corrected chi connectivity index (χ0v) is 34.4. The number of nitriles is 2.